The van der Waals surface area contributed by atoms with Gasteiger partial charge in [0.05, 0.1) is 0 Å². The molecule has 0 aromatic heterocycles. The van der Waals surface area contributed by atoms with Crippen LogP contribution in [-0.2, 0) is 20.7 Å². The number of hydrogen-bond acceptors (Lipinski definition) is 6. The first-order valence-corrected chi connectivity index (χ1v) is 9.24. The van der Waals surface area contributed by atoms with Crippen molar-refractivity contribution in [3.63, 3.8) is 0 Å². The molecule has 0 unspecified atom stereocenters. The van der Waals surface area contributed by atoms with Crippen LogP contribution < -0.4 is 14.8 Å². The van der Waals surface area contributed by atoms with E-state index in [0.717, 1.165) is 12.0 Å². The van der Waals surface area contributed by atoms with Gasteiger partial charge in [0.1, 0.15) is 5.60 Å². The minimum atomic E-state index is -0.665. The molecule has 0 aliphatic carbocycles. The van der Waals surface area contributed by atoms with Crippen molar-refractivity contribution in [2.24, 2.45) is 0 Å². The number of amides is 1. The molecule has 7 heteroatoms. The highest BCUT2D eigenvalue weighted by molar-refractivity contribution is 5.96. The number of hydrogen-bond donors (Lipinski definition) is 1. The number of esters is 1. The molecule has 2 aromatic rings. The minimum absolute atomic E-state index is 0.0603. The van der Waals surface area contributed by atoms with Crippen molar-refractivity contribution < 1.29 is 28.6 Å². The molecule has 0 saturated heterocycles. The largest absolute Gasteiger partial charge is 0.483 e. The van der Waals surface area contributed by atoms with Crippen molar-refractivity contribution in [3.8, 4) is 11.5 Å². The Morgan fingerprint density at radius 1 is 1.07 bits per heavy atom. The van der Waals surface area contributed by atoms with E-state index in [1.54, 1.807) is 30.3 Å². The zero-order valence-electron chi connectivity index (χ0n) is 16.6. The second-order valence-electron chi connectivity index (χ2n) is 7.41. The van der Waals surface area contributed by atoms with Crippen LogP contribution in [0.5, 0.6) is 11.5 Å². The number of ether oxygens (including phenoxy) is 3. The third kappa shape index (κ3) is 5.34. The Morgan fingerprint density at radius 2 is 1.79 bits per heavy atom. The van der Waals surface area contributed by atoms with Crippen molar-refractivity contribution in [1.29, 1.82) is 0 Å². The molecule has 1 N–H and O–H groups in total. The summed E-state index contributed by atoms with van der Waals surface area (Å²) in [6.45, 7) is 4.66. The molecular formula is C22H23NO6. The summed E-state index contributed by atoms with van der Waals surface area (Å²) >= 11 is 0. The molecular weight excluding hydrogens is 374 g/mol. The molecule has 152 valence electrons. The molecule has 0 atom stereocenters. The molecule has 29 heavy (non-hydrogen) atoms. The van der Waals surface area contributed by atoms with E-state index >= 15 is 0 Å². The first-order valence-electron chi connectivity index (χ1n) is 9.24. The van der Waals surface area contributed by atoms with Crippen LogP contribution in [0.15, 0.2) is 42.5 Å². The van der Waals surface area contributed by atoms with E-state index in [9.17, 15) is 14.4 Å². The highest BCUT2D eigenvalue weighted by Gasteiger charge is 2.32. The van der Waals surface area contributed by atoms with E-state index in [1.807, 2.05) is 26.0 Å². The molecule has 0 bridgehead atoms. The normalized spacial score (nSPS) is 13.8. The van der Waals surface area contributed by atoms with Gasteiger partial charge in [0.15, 0.2) is 30.5 Å². The van der Waals surface area contributed by atoms with Gasteiger partial charge >= 0.3 is 5.97 Å². The van der Waals surface area contributed by atoms with Crippen molar-refractivity contribution in [2.75, 3.05) is 18.5 Å². The van der Waals surface area contributed by atoms with Crippen LogP contribution in [-0.4, -0.2) is 36.5 Å². The molecule has 1 heterocycles. The molecule has 3 rings (SSSR count). The third-order valence-corrected chi connectivity index (χ3v) is 4.34. The van der Waals surface area contributed by atoms with Crippen molar-refractivity contribution >= 4 is 23.3 Å². The maximum Gasteiger partial charge on any atom is 0.344 e. The molecule has 1 aliphatic heterocycles. The average Bonchev–Trinajstić information content (AvgIpc) is 2.99. The summed E-state index contributed by atoms with van der Waals surface area (Å²) in [4.78, 5) is 35.1. The van der Waals surface area contributed by atoms with Crippen LogP contribution in [0.2, 0.25) is 0 Å². The van der Waals surface area contributed by atoms with Crippen molar-refractivity contribution in [3.05, 3.63) is 53.6 Å². The Bertz CT molecular complexity index is 933. The average molecular weight is 397 g/mol. The van der Waals surface area contributed by atoms with E-state index in [4.69, 9.17) is 14.2 Å². The molecule has 0 saturated carbocycles. The van der Waals surface area contributed by atoms with Crippen LogP contribution in [0.4, 0.5) is 5.69 Å². The van der Waals surface area contributed by atoms with E-state index in [0.29, 0.717) is 22.7 Å². The van der Waals surface area contributed by atoms with Crippen LogP contribution in [0.1, 0.15) is 36.7 Å². The van der Waals surface area contributed by atoms with Gasteiger partial charge in [-0.2, -0.15) is 0 Å². The Hall–Kier alpha value is -3.35. The van der Waals surface area contributed by atoms with Crippen molar-refractivity contribution in [2.45, 2.75) is 32.8 Å². The van der Waals surface area contributed by atoms with Gasteiger partial charge in [-0.25, -0.2) is 4.79 Å². The fourth-order valence-electron chi connectivity index (χ4n) is 3.01. The molecule has 0 spiro atoms. The number of benzene rings is 2. The zero-order chi connectivity index (χ0) is 21.0. The summed E-state index contributed by atoms with van der Waals surface area (Å²) in [6, 6.07) is 12.0. The van der Waals surface area contributed by atoms with E-state index < -0.39 is 18.5 Å². The second-order valence-corrected chi connectivity index (χ2v) is 7.41. The van der Waals surface area contributed by atoms with Gasteiger partial charge in [-0.3, -0.25) is 9.59 Å². The van der Waals surface area contributed by atoms with Gasteiger partial charge in [-0.1, -0.05) is 12.1 Å². The molecule has 7 nitrogen and oxygen atoms in total. The van der Waals surface area contributed by atoms with Gasteiger partial charge < -0.3 is 19.5 Å². The summed E-state index contributed by atoms with van der Waals surface area (Å²) in [5, 5.41) is 2.59. The van der Waals surface area contributed by atoms with Gasteiger partial charge in [0.2, 0.25) is 0 Å². The summed E-state index contributed by atoms with van der Waals surface area (Å²) < 4.78 is 16.4. The summed E-state index contributed by atoms with van der Waals surface area (Å²) in [7, 11) is 0. The summed E-state index contributed by atoms with van der Waals surface area (Å²) in [5.41, 5.74) is 1.76. The van der Waals surface area contributed by atoms with E-state index in [-0.39, 0.29) is 18.0 Å². The molecule has 1 amide bonds. The lowest BCUT2D eigenvalue weighted by molar-refractivity contribution is -0.149. The number of ketones is 1. The summed E-state index contributed by atoms with van der Waals surface area (Å²) in [5.74, 6) is -0.103. The first kappa shape index (κ1) is 20.4. The third-order valence-electron chi connectivity index (χ3n) is 4.34. The first-order chi connectivity index (χ1) is 13.7. The molecule has 2 aromatic carbocycles. The smallest absolute Gasteiger partial charge is 0.344 e. The van der Waals surface area contributed by atoms with Crippen LogP contribution in [0, 0.1) is 0 Å². The predicted molar refractivity (Wildman–Crippen MR) is 106 cm³/mol. The van der Waals surface area contributed by atoms with Gasteiger partial charge in [-0.15, -0.1) is 0 Å². The maximum absolute atomic E-state index is 11.9. The number of nitrogens with one attached hydrogen (secondary N) is 1. The zero-order valence-corrected chi connectivity index (χ0v) is 16.6. The Morgan fingerprint density at radius 3 is 2.48 bits per heavy atom. The maximum atomic E-state index is 11.9. The van der Waals surface area contributed by atoms with Crippen LogP contribution in [0.25, 0.3) is 0 Å². The fraction of sp³-hybridized carbons (Fsp3) is 0.318. The number of Topliss-reactive ketones (excluding diaryl/α,β-unsaturated/α-hetero) is 1. The number of anilines is 1. The van der Waals surface area contributed by atoms with Gasteiger partial charge in [-0.05, 0) is 51.1 Å². The predicted octanol–water partition coefficient (Wildman–Crippen LogP) is 3.16. The fourth-order valence-corrected chi connectivity index (χ4v) is 3.01. The van der Waals surface area contributed by atoms with Gasteiger partial charge in [0.25, 0.3) is 5.91 Å². The molecule has 0 fully saturated rings. The standard InChI is InChI=1S/C22H23NO6/c1-14(24)15-7-9-17(10-8-15)23-19(25)12-28-20(26)13-27-18-6-4-5-16-11-22(2,3)29-21(16)18/h4-10H,11-13H2,1-3H3,(H,23,25). The minimum Gasteiger partial charge on any atom is -0.483 e. The summed E-state index contributed by atoms with van der Waals surface area (Å²) in [6.07, 6.45) is 0.761. The molecule has 0 radical (unpaired) electrons. The van der Waals surface area contributed by atoms with Gasteiger partial charge in [0, 0.05) is 23.2 Å². The highest BCUT2D eigenvalue weighted by atomic mass is 16.6. The number of carbonyl (C=O) groups is 3. The quantitative estimate of drug-likeness (QED) is 0.570. The Kier molecular flexibility index (Phi) is 5.87. The monoisotopic (exact) mass is 397 g/mol. The van der Waals surface area contributed by atoms with Crippen LogP contribution >= 0.6 is 0 Å². The lowest BCUT2D eigenvalue weighted by atomic mass is 10.0. The number of carbonyl (C=O) groups excluding carboxylic acids is 3. The number of fused-ring (bicyclic) bond motifs is 1. The van der Waals surface area contributed by atoms with Crippen LogP contribution in [0.3, 0.4) is 0 Å². The Labute approximate surface area is 169 Å². The van der Waals surface area contributed by atoms with E-state index in [1.165, 1.54) is 6.92 Å². The topological polar surface area (TPSA) is 90.9 Å². The molecule has 1 aliphatic rings. The van der Waals surface area contributed by atoms with E-state index in [2.05, 4.69) is 5.32 Å². The number of rotatable bonds is 7. The number of para-hydroxylation sites is 1. The Balaban J connectivity index is 1.45. The lowest BCUT2D eigenvalue weighted by Gasteiger charge is -2.18. The van der Waals surface area contributed by atoms with Crippen molar-refractivity contribution in [1.82, 2.24) is 0 Å². The second kappa shape index (κ2) is 8.34. The highest BCUT2D eigenvalue weighted by Crippen LogP contribution is 2.41. The SMILES string of the molecule is CC(=O)c1ccc(NC(=O)COC(=O)COc2cccc3c2OC(C)(C)C3)cc1. The lowest BCUT2D eigenvalue weighted by Crippen LogP contribution is -2.25.